The largest absolute Gasteiger partial charge is 0.240 e. The van der Waals surface area contributed by atoms with E-state index >= 15 is 0 Å². The van der Waals surface area contributed by atoms with E-state index in [4.69, 9.17) is 23.2 Å². The fourth-order valence-corrected chi connectivity index (χ4v) is 2.01. The van der Waals surface area contributed by atoms with Crippen LogP contribution in [0.5, 0.6) is 0 Å². The van der Waals surface area contributed by atoms with Crippen molar-refractivity contribution in [3.63, 3.8) is 0 Å². The van der Waals surface area contributed by atoms with Gasteiger partial charge in [0.1, 0.15) is 5.52 Å². The summed E-state index contributed by atoms with van der Waals surface area (Å²) in [6.07, 6.45) is 1.64. The van der Waals surface area contributed by atoms with Crippen LogP contribution in [-0.2, 0) is 0 Å². The highest BCUT2D eigenvalue weighted by Gasteiger charge is 2.09. The molecule has 0 bridgehead atoms. The summed E-state index contributed by atoms with van der Waals surface area (Å²) >= 11 is 11.7. The molecular weight excluding hydrogens is 271 g/mol. The predicted molar refractivity (Wildman–Crippen MR) is 70.6 cm³/mol. The maximum atomic E-state index is 5.98. The van der Waals surface area contributed by atoms with Crippen LogP contribution in [0.1, 0.15) is 0 Å². The molecule has 0 atom stereocenters. The second kappa shape index (κ2) is 4.48. The zero-order chi connectivity index (χ0) is 12.5. The van der Waals surface area contributed by atoms with E-state index in [0.717, 1.165) is 11.3 Å². The zero-order valence-corrected chi connectivity index (χ0v) is 10.5. The van der Waals surface area contributed by atoms with Gasteiger partial charge in [-0.25, -0.2) is 15.0 Å². The molecule has 0 unspecified atom stereocenters. The summed E-state index contributed by atoms with van der Waals surface area (Å²) in [4.78, 5) is 16.4. The summed E-state index contributed by atoms with van der Waals surface area (Å²) in [6.45, 7) is 0. The van der Waals surface area contributed by atoms with Crippen molar-refractivity contribution in [3.05, 3.63) is 47.0 Å². The molecule has 3 rings (SSSR count). The first-order valence-electron chi connectivity index (χ1n) is 5.15. The first-order chi connectivity index (χ1) is 8.74. The number of fused-ring (bicyclic) bond motifs is 1. The molecule has 0 aliphatic carbocycles. The molecule has 0 saturated carbocycles. The Balaban J connectivity index is 2.23. The molecule has 88 valence electrons. The Morgan fingerprint density at radius 3 is 2.44 bits per heavy atom. The smallest absolute Gasteiger partial charge is 0.225 e. The normalized spacial score (nSPS) is 10.8. The van der Waals surface area contributed by atoms with Crippen molar-refractivity contribution in [3.8, 4) is 11.3 Å². The van der Waals surface area contributed by atoms with E-state index in [9.17, 15) is 0 Å². The van der Waals surface area contributed by atoms with E-state index in [2.05, 4.69) is 19.9 Å². The van der Waals surface area contributed by atoms with Crippen molar-refractivity contribution in [2.45, 2.75) is 0 Å². The van der Waals surface area contributed by atoms with E-state index in [-0.39, 0.29) is 10.4 Å². The number of hydrogen-bond donors (Lipinski definition) is 0. The number of hydrogen-bond acceptors (Lipinski definition) is 4. The third-order valence-electron chi connectivity index (χ3n) is 2.41. The van der Waals surface area contributed by atoms with Crippen LogP contribution in [0.4, 0.5) is 0 Å². The van der Waals surface area contributed by atoms with Crippen LogP contribution in [0, 0.1) is 0 Å². The minimum Gasteiger partial charge on any atom is -0.240 e. The molecule has 1 aromatic carbocycles. The fourth-order valence-electron chi connectivity index (χ4n) is 1.60. The van der Waals surface area contributed by atoms with Crippen LogP contribution in [-0.4, -0.2) is 19.9 Å². The van der Waals surface area contributed by atoms with Gasteiger partial charge in [0.2, 0.25) is 5.28 Å². The summed E-state index contributed by atoms with van der Waals surface area (Å²) in [5.74, 6) is 0. The molecule has 6 heteroatoms. The standard InChI is InChI=1S/C12H6Cl2N4/c13-10-9-11(18-12(14)17-10)15-6-8(16-9)7-4-2-1-3-5-7/h1-6H. The van der Waals surface area contributed by atoms with Crippen LogP contribution in [0.2, 0.25) is 10.4 Å². The topological polar surface area (TPSA) is 51.6 Å². The highest BCUT2D eigenvalue weighted by Crippen LogP contribution is 2.22. The summed E-state index contributed by atoms with van der Waals surface area (Å²) < 4.78 is 0. The van der Waals surface area contributed by atoms with Crippen LogP contribution < -0.4 is 0 Å². The minimum absolute atomic E-state index is 0.0641. The van der Waals surface area contributed by atoms with Gasteiger partial charge in [0, 0.05) is 5.56 Å². The Kier molecular flexibility index (Phi) is 2.81. The molecule has 3 aromatic rings. The Labute approximate surface area is 113 Å². The van der Waals surface area contributed by atoms with Crippen molar-refractivity contribution < 1.29 is 0 Å². The first-order valence-corrected chi connectivity index (χ1v) is 5.91. The lowest BCUT2D eigenvalue weighted by Gasteiger charge is -2.03. The van der Waals surface area contributed by atoms with E-state index < -0.39 is 0 Å². The zero-order valence-electron chi connectivity index (χ0n) is 9.01. The second-order valence-electron chi connectivity index (χ2n) is 3.58. The van der Waals surface area contributed by atoms with Gasteiger partial charge in [-0.1, -0.05) is 41.9 Å². The maximum absolute atomic E-state index is 5.98. The molecule has 2 heterocycles. The molecule has 2 aromatic heterocycles. The number of aromatic nitrogens is 4. The summed E-state index contributed by atoms with van der Waals surface area (Å²) in [5, 5.41) is 0.268. The molecule has 4 nitrogen and oxygen atoms in total. The minimum atomic E-state index is 0.0641. The first kappa shape index (κ1) is 11.3. The van der Waals surface area contributed by atoms with E-state index in [1.807, 2.05) is 30.3 Å². The van der Waals surface area contributed by atoms with Crippen LogP contribution in [0.15, 0.2) is 36.5 Å². The van der Waals surface area contributed by atoms with Gasteiger partial charge < -0.3 is 0 Å². The highest BCUT2D eigenvalue weighted by atomic mass is 35.5. The molecule has 0 radical (unpaired) electrons. The highest BCUT2D eigenvalue weighted by molar-refractivity contribution is 6.35. The summed E-state index contributed by atoms with van der Waals surface area (Å²) in [6, 6.07) is 9.69. The third-order valence-corrected chi connectivity index (χ3v) is 2.84. The molecule has 0 N–H and O–H groups in total. The molecule has 0 spiro atoms. The summed E-state index contributed by atoms with van der Waals surface area (Å²) in [5.41, 5.74) is 2.51. The third kappa shape index (κ3) is 2.00. The predicted octanol–water partition coefficient (Wildman–Crippen LogP) is 3.39. The van der Waals surface area contributed by atoms with Crippen LogP contribution >= 0.6 is 23.2 Å². The van der Waals surface area contributed by atoms with Gasteiger partial charge in [-0.3, -0.25) is 0 Å². The molecule has 0 fully saturated rings. The number of halogens is 2. The van der Waals surface area contributed by atoms with E-state index in [1.165, 1.54) is 0 Å². The fraction of sp³-hybridized carbons (Fsp3) is 0. The maximum Gasteiger partial charge on any atom is 0.225 e. The lowest BCUT2D eigenvalue weighted by molar-refractivity contribution is 1.15. The number of nitrogens with zero attached hydrogens (tertiary/aromatic N) is 4. The molecule has 0 saturated heterocycles. The van der Waals surface area contributed by atoms with Crippen molar-refractivity contribution in [2.24, 2.45) is 0 Å². The van der Waals surface area contributed by atoms with Gasteiger partial charge in [-0.2, -0.15) is 4.98 Å². The number of rotatable bonds is 1. The lowest BCUT2D eigenvalue weighted by Crippen LogP contribution is -1.94. The quantitative estimate of drug-likeness (QED) is 0.505. The molecule has 18 heavy (non-hydrogen) atoms. The van der Waals surface area contributed by atoms with E-state index in [0.29, 0.717) is 11.2 Å². The van der Waals surface area contributed by atoms with Crippen LogP contribution in [0.3, 0.4) is 0 Å². The SMILES string of the molecule is Clc1nc(Cl)c2nc(-c3ccccc3)cnc2n1. The van der Waals surface area contributed by atoms with E-state index in [1.54, 1.807) is 6.20 Å². The van der Waals surface area contributed by atoms with Crippen molar-refractivity contribution in [1.82, 2.24) is 19.9 Å². The number of benzene rings is 1. The Hall–Kier alpha value is -1.78. The van der Waals surface area contributed by atoms with Gasteiger partial charge >= 0.3 is 0 Å². The lowest BCUT2D eigenvalue weighted by atomic mass is 10.2. The van der Waals surface area contributed by atoms with Gasteiger partial charge in [0.15, 0.2) is 10.8 Å². The monoisotopic (exact) mass is 276 g/mol. The van der Waals surface area contributed by atoms with Crippen molar-refractivity contribution >= 4 is 34.4 Å². The van der Waals surface area contributed by atoms with Gasteiger partial charge in [0.05, 0.1) is 11.9 Å². The molecule has 0 aliphatic heterocycles. The second-order valence-corrected chi connectivity index (χ2v) is 4.27. The average molecular weight is 277 g/mol. The van der Waals surface area contributed by atoms with Gasteiger partial charge in [-0.05, 0) is 11.6 Å². The summed E-state index contributed by atoms with van der Waals surface area (Å²) in [7, 11) is 0. The van der Waals surface area contributed by atoms with Crippen molar-refractivity contribution in [1.29, 1.82) is 0 Å². The average Bonchev–Trinajstić information content (AvgIpc) is 2.39. The Morgan fingerprint density at radius 2 is 1.67 bits per heavy atom. The molecule has 0 aliphatic rings. The molecule has 0 amide bonds. The van der Waals surface area contributed by atoms with Gasteiger partial charge in [-0.15, -0.1) is 0 Å². The van der Waals surface area contributed by atoms with Crippen LogP contribution in [0.25, 0.3) is 22.4 Å². The molecular formula is C12H6Cl2N4. The Bertz CT molecular complexity index is 716. The van der Waals surface area contributed by atoms with Crippen molar-refractivity contribution in [2.75, 3.05) is 0 Å². The Morgan fingerprint density at radius 1 is 0.889 bits per heavy atom. The van der Waals surface area contributed by atoms with Gasteiger partial charge in [0.25, 0.3) is 0 Å².